The highest BCUT2D eigenvalue weighted by atomic mass is 19.2. The van der Waals surface area contributed by atoms with Gasteiger partial charge in [-0.25, -0.2) is 13.2 Å². The van der Waals surface area contributed by atoms with Gasteiger partial charge in [-0.3, -0.25) is 0 Å². The first-order chi connectivity index (χ1) is 11.0. The lowest BCUT2D eigenvalue weighted by molar-refractivity contribution is -0.0144. The van der Waals surface area contributed by atoms with Crippen molar-refractivity contribution in [1.82, 2.24) is 0 Å². The second-order valence-electron chi connectivity index (χ2n) is 8.94. The van der Waals surface area contributed by atoms with E-state index in [9.17, 15) is 13.2 Å². The zero-order chi connectivity index (χ0) is 16.6. The lowest BCUT2D eigenvalue weighted by atomic mass is 9.64. The fraction of sp³-hybridized carbons (Fsp3) is 1.00. The Morgan fingerprint density at radius 2 is 1.22 bits per heavy atom. The van der Waals surface area contributed by atoms with Crippen molar-refractivity contribution in [3.05, 3.63) is 0 Å². The fourth-order valence-corrected chi connectivity index (χ4v) is 5.71. The van der Waals surface area contributed by atoms with Crippen LogP contribution in [0.5, 0.6) is 0 Å². The quantitative estimate of drug-likeness (QED) is 0.558. The molecule has 3 aliphatic rings. The number of hydrogen-bond acceptors (Lipinski definition) is 0. The molecular formula is C20H33F3. The van der Waals surface area contributed by atoms with Crippen LogP contribution in [0.1, 0.15) is 71.6 Å². The molecule has 0 aliphatic heterocycles. The van der Waals surface area contributed by atoms with Gasteiger partial charge in [0.1, 0.15) is 18.5 Å². The van der Waals surface area contributed by atoms with Gasteiger partial charge in [0.25, 0.3) is 0 Å². The van der Waals surface area contributed by atoms with Crippen LogP contribution in [0, 0.1) is 35.5 Å². The van der Waals surface area contributed by atoms with E-state index in [0.29, 0.717) is 24.7 Å². The molecule has 0 spiro atoms. The van der Waals surface area contributed by atoms with Crippen molar-refractivity contribution in [3.63, 3.8) is 0 Å². The van der Waals surface area contributed by atoms with E-state index in [0.717, 1.165) is 18.8 Å². The SMILES string of the molecule is CC1CCC(C2CCC(C3CC(C)C(F)C(F)C3)C(F)C2)CC1. The molecule has 0 N–H and O–H groups in total. The second kappa shape index (κ2) is 7.35. The minimum Gasteiger partial charge on any atom is -0.247 e. The van der Waals surface area contributed by atoms with Gasteiger partial charge >= 0.3 is 0 Å². The molecule has 0 nitrogen and oxygen atoms in total. The van der Waals surface area contributed by atoms with Crippen LogP contribution >= 0.6 is 0 Å². The van der Waals surface area contributed by atoms with E-state index in [1.807, 2.05) is 0 Å². The molecule has 3 heteroatoms. The minimum absolute atomic E-state index is 0.0260. The molecule has 3 aliphatic carbocycles. The Morgan fingerprint density at radius 1 is 0.609 bits per heavy atom. The van der Waals surface area contributed by atoms with Gasteiger partial charge in [0.2, 0.25) is 0 Å². The molecule has 7 unspecified atom stereocenters. The summed E-state index contributed by atoms with van der Waals surface area (Å²) in [6.45, 7) is 4.10. The van der Waals surface area contributed by atoms with Crippen LogP contribution in [0.25, 0.3) is 0 Å². The highest BCUT2D eigenvalue weighted by Gasteiger charge is 2.44. The van der Waals surface area contributed by atoms with Gasteiger partial charge < -0.3 is 0 Å². The molecule has 3 fully saturated rings. The second-order valence-corrected chi connectivity index (χ2v) is 8.94. The van der Waals surface area contributed by atoms with Crippen LogP contribution < -0.4 is 0 Å². The Labute approximate surface area is 139 Å². The predicted molar refractivity (Wildman–Crippen MR) is 88.5 cm³/mol. The summed E-state index contributed by atoms with van der Waals surface area (Å²) >= 11 is 0. The van der Waals surface area contributed by atoms with Gasteiger partial charge in [0.15, 0.2) is 0 Å². The van der Waals surface area contributed by atoms with Crippen molar-refractivity contribution >= 4 is 0 Å². The number of halogens is 3. The lowest BCUT2D eigenvalue weighted by Crippen LogP contribution is -2.42. The summed E-state index contributed by atoms with van der Waals surface area (Å²) in [7, 11) is 0. The van der Waals surface area contributed by atoms with Crippen molar-refractivity contribution in [2.24, 2.45) is 35.5 Å². The summed E-state index contributed by atoms with van der Waals surface area (Å²) in [5.74, 6) is 1.84. The van der Waals surface area contributed by atoms with Crippen LogP contribution in [0.3, 0.4) is 0 Å². The van der Waals surface area contributed by atoms with Crippen LogP contribution in [-0.2, 0) is 0 Å². The molecule has 0 saturated heterocycles. The summed E-state index contributed by atoms with van der Waals surface area (Å²) in [6, 6.07) is 0. The molecular weight excluding hydrogens is 297 g/mol. The van der Waals surface area contributed by atoms with Crippen LogP contribution in [-0.4, -0.2) is 18.5 Å². The normalized spacial score (nSPS) is 52.3. The summed E-state index contributed by atoms with van der Waals surface area (Å²) in [6.07, 6.45) is 5.16. The average Bonchev–Trinajstić information content (AvgIpc) is 2.53. The van der Waals surface area contributed by atoms with Crippen molar-refractivity contribution in [3.8, 4) is 0 Å². The number of alkyl halides is 3. The third kappa shape index (κ3) is 3.90. The zero-order valence-corrected chi connectivity index (χ0v) is 14.7. The van der Waals surface area contributed by atoms with E-state index < -0.39 is 18.5 Å². The van der Waals surface area contributed by atoms with E-state index in [4.69, 9.17) is 0 Å². The first-order valence-corrected chi connectivity index (χ1v) is 9.88. The molecule has 0 aromatic heterocycles. The van der Waals surface area contributed by atoms with E-state index in [-0.39, 0.29) is 24.2 Å². The van der Waals surface area contributed by atoms with Gasteiger partial charge in [-0.2, -0.15) is 0 Å². The summed E-state index contributed by atoms with van der Waals surface area (Å²) in [5.41, 5.74) is 0. The molecule has 7 atom stereocenters. The lowest BCUT2D eigenvalue weighted by Gasteiger charge is -2.44. The summed E-state index contributed by atoms with van der Waals surface area (Å²) in [5, 5.41) is 0. The third-order valence-electron chi connectivity index (χ3n) is 7.29. The number of rotatable bonds is 2. The first-order valence-electron chi connectivity index (χ1n) is 9.88. The maximum Gasteiger partial charge on any atom is 0.134 e. The summed E-state index contributed by atoms with van der Waals surface area (Å²) in [4.78, 5) is 0. The van der Waals surface area contributed by atoms with Crippen molar-refractivity contribution in [2.45, 2.75) is 90.1 Å². The Morgan fingerprint density at radius 3 is 1.83 bits per heavy atom. The van der Waals surface area contributed by atoms with Crippen LogP contribution in [0.15, 0.2) is 0 Å². The summed E-state index contributed by atoms with van der Waals surface area (Å²) < 4.78 is 42.4. The van der Waals surface area contributed by atoms with Gasteiger partial charge in [-0.1, -0.05) is 26.7 Å². The predicted octanol–water partition coefficient (Wildman–Crippen LogP) is 6.29. The molecule has 0 aromatic carbocycles. The van der Waals surface area contributed by atoms with Crippen LogP contribution in [0.4, 0.5) is 13.2 Å². The Balaban J connectivity index is 1.54. The average molecular weight is 330 g/mol. The molecule has 0 heterocycles. The Bertz CT molecular complexity index is 365. The maximum absolute atomic E-state index is 14.8. The van der Waals surface area contributed by atoms with Gasteiger partial charge in [-0.05, 0) is 80.5 Å². The molecule has 3 rings (SSSR count). The van der Waals surface area contributed by atoms with E-state index in [1.54, 1.807) is 6.92 Å². The van der Waals surface area contributed by atoms with E-state index >= 15 is 0 Å². The van der Waals surface area contributed by atoms with Crippen molar-refractivity contribution in [1.29, 1.82) is 0 Å². The molecule has 3 saturated carbocycles. The van der Waals surface area contributed by atoms with Gasteiger partial charge in [0, 0.05) is 0 Å². The van der Waals surface area contributed by atoms with Gasteiger partial charge in [-0.15, -0.1) is 0 Å². The third-order valence-corrected chi connectivity index (χ3v) is 7.29. The number of hydrogen-bond donors (Lipinski definition) is 0. The van der Waals surface area contributed by atoms with E-state index in [2.05, 4.69) is 6.92 Å². The van der Waals surface area contributed by atoms with Crippen LogP contribution in [0.2, 0.25) is 0 Å². The maximum atomic E-state index is 14.8. The van der Waals surface area contributed by atoms with Gasteiger partial charge in [0.05, 0.1) is 0 Å². The monoisotopic (exact) mass is 330 g/mol. The van der Waals surface area contributed by atoms with Crippen molar-refractivity contribution in [2.75, 3.05) is 0 Å². The molecule has 0 radical (unpaired) electrons. The molecule has 23 heavy (non-hydrogen) atoms. The van der Waals surface area contributed by atoms with Crippen molar-refractivity contribution < 1.29 is 13.2 Å². The Hall–Kier alpha value is -0.210. The molecule has 0 amide bonds. The molecule has 0 bridgehead atoms. The molecule has 0 aromatic rings. The standard InChI is InChI=1S/C20H33F3/c1-12-3-5-14(6-4-12)15-7-8-17(18(21)10-15)16-9-13(2)20(23)19(22)11-16/h12-20H,3-11H2,1-2H3. The highest BCUT2D eigenvalue weighted by molar-refractivity contribution is 4.93. The topological polar surface area (TPSA) is 0 Å². The largest absolute Gasteiger partial charge is 0.247 e. The fourth-order valence-electron chi connectivity index (χ4n) is 5.71. The molecule has 134 valence electrons. The zero-order valence-electron chi connectivity index (χ0n) is 14.7. The first kappa shape index (κ1) is 17.6. The minimum atomic E-state index is -1.38. The van der Waals surface area contributed by atoms with E-state index in [1.165, 1.54) is 25.7 Å². The highest BCUT2D eigenvalue weighted by Crippen LogP contribution is 2.47. The Kier molecular flexibility index (Phi) is 5.63. The smallest absolute Gasteiger partial charge is 0.134 e.